The summed E-state index contributed by atoms with van der Waals surface area (Å²) in [5.74, 6) is 0.848. The average Bonchev–Trinajstić information content (AvgIpc) is 3.15. The molecule has 126 valence electrons. The quantitative estimate of drug-likeness (QED) is 0.791. The van der Waals surface area contributed by atoms with Crippen LogP contribution in [0, 0.1) is 5.92 Å². The van der Waals surface area contributed by atoms with Crippen LogP contribution in [0.25, 0.3) is 0 Å². The maximum atomic E-state index is 12.8. The van der Waals surface area contributed by atoms with Crippen molar-refractivity contribution in [2.75, 3.05) is 20.2 Å². The number of rotatable bonds is 4. The number of ether oxygens (including phenoxy) is 1. The van der Waals surface area contributed by atoms with Gasteiger partial charge in [0.05, 0.1) is 19.4 Å². The summed E-state index contributed by atoms with van der Waals surface area (Å²) < 4.78 is 32.3. The second-order valence-corrected chi connectivity index (χ2v) is 8.39. The summed E-state index contributed by atoms with van der Waals surface area (Å²) in [6, 6.07) is 6.55. The molecule has 3 rings (SSSR count). The smallest absolute Gasteiger partial charge is 0.179 e. The lowest BCUT2D eigenvalue weighted by Crippen LogP contribution is -2.39. The van der Waals surface area contributed by atoms with Crippen molar-refractivity contribution in [2.24, 2.45) is 11.1 Å². The van der Waals surface area contributed by atoms with Crippen LogP contribution < -0.4 is 4.74 Å². The Balaban J connectivity index is 1.77. The first-order chi connectivity index (χ1) is 10.9. The van der Waals surface area contributed by atoms with E-state index in [4.69, 9.17) is 9.57 Å². The monoisotopic (exact) mass is 338 g/mol. The van der Waals surface area contributed by atoms with Gasteiger partial charge in [-0.3, -0.25) is 0 Å². The van der Waals surface area contributed by atoms with Crippen molar-refractivity contribution in [3.8, 4) is 5.75 Å². The molecule has 23 heavy (non-hydrogen) atoms. The van der Waals surface area contributed by atoms with Gasteiger partial charge in [0, 0.05) is 25.5 Å². The molecule has 6 nitrogen and oxygen atoms in total. The predicted molar refractivity (Wildman–Crippen MR) is 87.0 cm³/mol. The molecule has 0 radical (unpaired) electrons. The van der Waals surface area contributed by atoms with Gasteiger partial charge >= 0.3 is 0 Å². The summed E-state index contributed by atoms with van der Waals surface area (Å²) in [4.78, 5) is 5.89. The van der Waals surface area contributed by atoms with Gasteiger partial charge in [0.2, 0.25) is 0 Å². The van der Waals surface area contributed by atoms with E-state index in [0.29, 0.717) is 37.6 Å². The van der Waals surface area contributed by atoms with Gasteiger partial charge in [0.25, 0.3) is 0 Å². The maximum absolute atomic E-state index is 12.8. The minimum atomic E-state index is -3.55. The topological polar surface area (TPSA) is 74.2 Å². The third-order valence-corrected chi connectivity index (χ3v) is 6.33. The van der Waals surface area contributed by atoms with Crippen LogP contribution in [0.3, 0.4) is 0 Å². The molecule has 0 aliphatic carbocycles. The summed E-state index contributed by atoms with van der Waals surface area (Å²) >= 11 is 0. The fourth-order valence-electron chi connectivity index (χ4n) is 3.00. The van der Waals surface area contributed by atoms with E-state index in [-0.39, 0.29) is 4.90 Å². The molecule has 1 aromatic rings. The van der Waals surface area contributed by atoms with Crippen molar-refractivity contribution < 1.29 is 18.3 Å². The highest BCUT2D eigenvalue weighted by atomic mass is 32.3. The summed E-state index contributed by atoms with van der Waals surface area (Å²) in [5.41, 5.74) is 0.511. The molecule has 1 saturated heterocycles. The zero-order valence-corrected chi connectivity index (χ0v) is 14.5. The number of benzene rings is 1. The van der Waals surface area contributed by atoms with Crippen molar-refractivity contribution in [2.45, 2.75) is 37.2 Å². The lowest BCUT2D eigenvalue weighted by molar-refractivity contribution is -0.00604. The molecule has 0 saturated carbocycles. The van der Waals surface area contributed by atoms with Crippen LogP contribution in [0.4, 0.5) is 0 Å². The van der Waals surface area contributed by atoms with Gasteiger partial charge in [0.1, 0.15) is 5.75 Å². The minimum Gasteiger partial charge on any atom is -0.593 e. The third kappa shape index (κ3) is 3.00. The highest BCUT2D eigenvalue weighted by molar-refractivity contribution is 7.95. The van der Waals surface area contributed by atoms with Gasteiger partial charge in [-0.15, -0.1) is 4.31 Å². The van der Waals surface area contributed by atoms with Crippen molar-refractivity contribution in [3.05, 3.63) is 24.3 Å². The summed E-state index contributed by atoms with van der Waals surface area (Å²) in [5, 5.41) is 4.16. The molecule has 2 atom stereocenters. The van der Waals surface area contributed by atoms with Gasteiger partial charge in [-0.1, -0.05) is 29.3 Å². The average molecular weight is 338 g/mol. The number of methoxy groups -OCH3 is 1. The molecule has 0 aromatic heterocycles. The van der Waals surface area contributed by atoms with Crippen LogP contribution in [-0.2, 0) is 19.4 Å². The van der Waals surface area contributed by atoms with Crippen LogP contribution in [0.2, 0.25) is 0 Å². The molecule has 0 amide bonds. The predicted octanol–water partition coefficient (Wildman–Crippen LogP) is 2.48. The molecule has 2 aliphatic rings. The van der Waals surface area contributed by atoms with E-state index in [0.717, 1.165) is 5.71 Å². The second kappa shape index (κ2) is 5.89. The first-order valence-electron chi connectivity index (χ1n) is 7.75. The fraction of sp³-hybridized carbons (Fsp3) is 0.562. The SMILES string of the molecule is COc1cccc([S+](=O)([O-])N2CCC3(CC(C(C)C)=NO3)C2)c1. The van der Waals surface area contributed by atoms with Crippen LogP contribution in [0.15, 0.2) is 34.3 Å². The summed E-state index contributed by atoms with van der Waals surface area (Å²) in [6.45, 7) is 4.93. The van der Waals surface area contributed by atoms with Crippen molar-refractivity contribution in [3.63, 3.8) is 0 Å². The highest BCUT2D eigenvalue weighted by Gasteiger charge is 2.51. The zero-order valence-electron chi connectivity index (χ0n) is 13.7. The van der Waals surface area contributed by atoms with Crippen LogP contribution in [0.1, 0.15) is 26.7 Å². The normalized spacial score (nSPS) is 27.1. The Labute approximate surface area is 137 Å². The van der Waals surface area contributed by atoms with E-state index in [1.807, 2.05) is 0 Å². The Bertz CT molecular complexity index is 676. The van der Waals surface area contributed by atoms with E-state index in [9.17, 15) is 8.76 Å². The van der Waals surface area contributed by atoms with Crippen LogP contribution in [-0.4, -0.2) is 40.4 Å². The number of nitrogens with zero attached hydrogens (tertiary/aromatic N) is 2. The van der Waals surface area contributed by atoms with Gasteiger partial charge in [-0.2, -0.15) is 0 Å². The molecule has 1 aromatic carbocycles. The Morgan fingerprint density at radius 2 is 2.26 bits per heavy atom. The Kier molecular flexibility index (Phi) is 4.20. The Morgan fingerprint density at radius 3 is 2.91 bits per heavy atom. The number of sulfonamides is 1. The van der Waals surface area contributed by atoms with E-state index in [1.165, 1.54) is 11.4 Å². The van der Waals surface area contributed by atoms with E-state index in [2.05, 4.69) is 19.0 Å². The Hall–Kier alpha value is -1.44. The second-order valence-electron chi connectivity index (χ2n) is 6.46. The molecule has 0 N–H and O–H groups in total. The summed E-state index contributed by atoms with van der Waals surface area (Å²) in [6.07, 6.45) is 1.37. The van der Waals surface area contributed by atoms with Gasteiger partial charge in [-0.25, -0.2) is 0 Å². The first kappa shape index (κ1) is 16.4. The largest absolute Gasteiger partial charge is 0.593 e. The summed E-state index contributed by atoms with van der Waals surface area (Å²) in [7, 11) is -2.03. The lowest BCUT2D eigenvalue weighted by atomic mass is 9.92. The van der Waals surface area contributed by atoms with E-state index in [1.54, 1.807) is 24.3 Å². The van der Waals surface area contributed by atoms with Gasteiger partial charge in [-0.05, 0) is 18.1 Å². The van der Waals surface area contributed by atoms with Crippen LogP contribution >= 0.6 is 0 Å². The number of oxime groups is 1. The van der Waals surface area contributed by atoms with Gasteiger partial charge in [0.15, 0.2) is 20.9 Å². The standard InChI is InChI=1S/C16H22N2O4S/c1-12(2)15-10-16(22-17-15)7-8-18(11-16)23(19,20)14-6-4-5-13(9-14)21-3/h4-6,9,12H,7-8,10-11H2,1-3H3. The molecule has 7 heteroatoms. The molecular weight excluding hydrogens is 316 g/mol. The van der Waals surface area contributed by atoms with Gasteiger partial charge < -0.3 is 14.1 Å². The molecular formula is C16H22N2O4S. The molecule has 1 spiro atoms. The Morgan fingerprint density at radius 1 is 1.48 bits per heavy atom. The van der Waals surface area contributed by atoms with Crippen molar-refractivity contribution in [1.82, 2.24) is 4.31 Å². The van der Waals surface area contributed by atoms with Crippen LogP contribution in [0.5, 0.6) is 5.75 Å². The third-order valence-electron chi connectivity index (χ3n) is 4.49. The molecule has 2 aliphatic heterocycles. The molecule has 0 bridgehead atoms. The number of hydrogen-bond donors (Lipinski definition) is 0. The van der Waals surface area contributed by atoms with E-state index >= 15 is 0 Å². The first-order valence-corrected chi connectivity index (χ1v) is 9.19. The van der Waals surface area contributed by atoms with Crippen molar-refractivity contribution >= 4 is 16.1 Å². The van der Waals surface area contributed by atoms with E-state index < -0.39 is 16.0 Å². The lowest BCUT2D eigenvalue weighted by Gasteiger charge is -2.25. The zero-order chi connectivity index (χ0) is 16.7. The van der Waals surface area contributed by atoms with Crippen molar-refractivity contribution in [1.29, 1.82) is 0 Å². The maximum Gasteiger partial charge on any atom is 0.179 e. The molecule has 1 fully saturated rings. The molecule has 2 unspecified atom stereocenters. The fourth-order valence-corrected chi connectivity index (χ4v) is 4.55. The molecule has 2 heterocycles. The minimum absolute atomic E-state index is 0.247. The number of hydrogen-bond acceptors (Lipinski definition) is 5. The highest BCUT2D eigenvalue weighted by Crippen LogP contribution is 2.39.